The van der Waals surface area contributed by atoms with Crippen molar-refractivity contribution in [3.8, 4) is 11.5 Å². The topological polar surface area (TPSA) is 47.6 Å². The molecule has 2 aromatic rings. The molecule has 6 heteroatoms. The molecule has 0 spiro atoms. The van der Waals surface area contributed by atoms with E-state index in [0.29, 0.717) is 40.3 Å². The lowest BCUT2D eigenvalue weighted by atomic mass is 10.2. The maximum Gasteiger partial charge on any atom is 0.265 e. The summed E-state index contributed by atoms with van der Waals surface area (Å²) in [5.74, 6) is 1.04. The average Bonchev–Trinajstić information content (AvgIpc) is 2.89. The molecule has 0 radical (unpaired) electrons. The normalized spacial score (nSPS) is 13.0. The number of rotatable bonds is 3. The lowest BCUT2D eigenvalue weighted by molar-refractivity contribution is 0.103. The number of fused-ring (bicyclic) bond motifs is 1. The number of carbonyl (C=O) groups is 1. The number of anilines is 1. The summed E-state index contributed by atoms with van der Waals surface area (Å²) in [5, 5.41) is 3.28. The molecule has 3 rings (SSSR count). The third-order valence-corrected chi connectivity index (χ3v) is 4.91. The van der Waals surface area contributed by atoms with Gasteiger partial charge in [0.2, 0.25) is 0 Å². The molecule has 1 amide bonds. The van der Waals surface area contributed by atoms with Gasteiger partial charge in [-0.3, -0.25) is 4.79 Å². The van der Waals surface area contributed by atoms with E-state index in [1.54, 1.807) is 12.1 Å². The summed E-state index contributed by atoms with van der Waals surface area (Å²) in [7, 11) is 0. The molecule has 1 aliphatic rings. The average molecular weight is 338 g/mol. The minimum Gasteiger partial charge on any atom is -0.486 e. The number of nitrogens with one attached hydrogen (secondary N) is 1. The Kier molecular flexibility index (Phi) is 4.27. The summed E-state index contributed by atoms with van der Waals surface area (Å²) in [6.45, 7) is 5.10. The van der Waals surface area contributed by atoms with E-state index in [4.69, 9.17) is 21.1 Å². The lowest BCUT2D eigenvalue weighted by Gasteiger charge is -2.19. The zero-order valence-corrected chi connectivity index (χ0v) is 13.9. The summed E-state index contributed by atoms with van der Waals surface area (Å²) >= 11 is 7.70. The van der Waals surface area contributed by atoms with Gasteiger partial charge in [-0.1, -0.05) is 18.5 Å². The highest BCUT2D eigenvalue weighted by Crippen LogP contribution is 2.38. The van der Waals surface area contributed by atoms with Gasteiger partial charge in [-0.25, -0.2) is 0 Å². The van der Waals surface area contributed by atoms with Crippen LogP contribution in [0.1, 0.15) is 27.0 Å². The second-order valence-corrected chi connectivity index (χ2v) is 6.64. The molecule has 0 saturated carbocycles. The summed E-state index contributed by atoms with van der Waals surface area (Å²) in [4.78, 5) is 14.2. The van der Waals surface area contributed by atoms with Crippen LogP contribution in [-0.4, -0.2) is 19.1 Å². The second kappa shape index (κ2) is 6.18. The molecular formula is C16H16ClNO3S. The number of carbonyl (C=O) groups excluding carboxylic acids is 1. The maximum absolute atomic E-state index is 12.4. The highest BCUT2D eigenvalue weighted by Gasteiger charge is 2.18. The first-order valence-electron chi connectivity index (χ1n) is 7.08. The molecule has 0 aliphatic carbocycles. The van der Waals surface area contributed by atoms with Crippen LogP contribution in [0.4, 0.5) is 5.69 Å². The van der Waals surface area contributed by atoms with Crippen molar-refractivity contribution in [3.05, 3.63) is 38.5 Å². The number of amides is 1. The van der Waals surface area contributed by atoms with Crippen molar-refractivity contribution >= 4 is 34.5 Å². The molecule has 0 fully saturated rings. The Morgan fingerprint density at radius 2 is 1.95 bits per heavy atom. The number of hydrogen-bond donors (Lipinski definition) is 1. The third-order valence-electron chi connectivity index (χ3n) is 3.51. The van der Waals surface area contributed by atoms with Gasteiger partial charge in [0.15, 0.2) is 11.5 Å². The fraction of sp³-hybridized carbons (Fsp3) is 0.312. The first-order valence-corrected chi connectivity index (χ1v) is 8.27. The third kappa shape index (κ3) is 2.91. The second-order valence-electron chi connectivity index (χ2n) is 4.98. The number of thiophene rings is 1. The van der Waals surface area contributed by atoms with E-state index in [1.807, 2.05) is 13.0 Å². The van der Waals surface area contributed by atoms with Crippen LogP contribution < -0.4 is 14.8 Å². The van der Waals surface area contributed by atoms with E-state index < -0.39 is 0 Å². The molecule has 1 aromatic heterocycles. The van der Waals surface area contributed by atoms with Gasteiger partial charge in [-0.05, 0) is 25.0 Å². The molecule has 1 aliphatic heterocycles. The van der Waals surface area contributed by atoms with Gasteiger partial charge in [0.05, 0.1) is 15.6 Å². The van der Waals surface area contributed by atoms with E-state index >= 15 is 0 Å². The Labute approximate surface area is 138 Å². The number of aryl methyl sites for hydroxylation is 2. The van der Waals surface area contributed by atoms with E-state index in [2.05, 4.69) is 12.2 Å². The van der Waals surface area contributed by atoms with Crippen LogP contribution in [0, 0.1) is 6.92 Å². The van der Waals surface area contributed by atoms with Crippen molar-refractivity contribution in [1.82, 2.24) is 0 Å². The van der Waals surface area contributed by atoms with E-state index in [-0.39, 0.29) is 5.91 Å². The smallest absolute Gasteiger partial charge is 0.265 e. The van der Waals surface area contributed by atoms with Gasteiger partial charge >= 0.3 is 0 Å². The van der Waals surface area contributed by atoms with E-state index in [9.17, 15) is 4.79 Å². The molecule has 4 nitrogen and oxygen atoms in total. The van der Waals surface area contributed by atoms with Gasteiger partial charge in [-0.15, -0.1) is 11.3 Å². The zero-order chi connectivity index (χ0) is 15.7. The van der Waals surface area contributed by atoms with Crippen LogP contribution in [-0.2, 0) is 6.42 Å². The Morgan fingerprint density at radius 1 is 1.27 bits per heavy atom. The van der Waals surface area contributed by atoms with Crippen LogP contribution in [0.25, 0.3) is 0 Å². The molecule has 22 heavy (non-hydrogen) atoms. The van der Waals surface area contributed by atoms with Crippen molar-refractivity contribution in [2.24, 2.45) is 0 Å². The molecule has 0 unspecified atom stereocenters. The van der Waals surface area contributed by atoms with Crippen molar-refractivity contribution in [2.75, 3.05) is 18.5 Å². The molecule has 0 atom stereocenters. The highest BCUT2D eigenvalue weighted by molar-refractivity contribution is 7.14. The first kappa shape index (κ1) is 15.2. The minimum atomic E-state index is -0.161. The summed E-state index contributed by atoms with van der Waals surface area (Å²) in [6, 6.07) is 5.31. The molecule has 1 N–H and O–H groups in total. The van der Waals surface area contributed by atoms with Crippen molar-refractivity contribution in [1.29, 1.82) is 0 Å². The first-order chi connectivity index (χ1) is 10.6. The minimum absolute atomic E-state index is 0.161. The predicted octanol–water partition coefficient (Wildman–Crippen LogP) is 4.30. The predicted molar refractivity (Wildman–Crippen MR) is 88.8 cm³/mol. The molecule has 1 aromatic carbocycles. The zero-order valence-electron chi connectivity index (χ0n) is 12.4. The van der Waals surface area contributed by atoms with Crippen molar-refractivity contribution in [2.45, 2.75) is 20.3 Å². The lowest BCUT2D eigenvalue weighted by Crippen LogP contribution is -2.16. The molecule has 2 heterocycles. The Balaban J connectivity index is 1.84. The largest absolute Gasteiger partial charge is 0.486 e. The molecular weight excluding hydrogens is 322 g/mol. The SMILES string of the molecule is CCc1cc(C(=O)Nc2cc3c(cc2Cl)OCCO3)sc1C. The number of hydrogen-bond acceptors (Lipinski definition) is 4. The molecule has 0 saturated heterocycles. The number of benzene rings is 1. The molecule has 116 valence electrons. The fourth-order valence-electron chi connectivity index (χ4n) is 2.33. The number of halogens is 1. The van der Waals surface area contributed by atoms with Gasteiger partial charge in [0.1, 0.15) is 13.2 Å². The van der Waals surface area contributed by atoms with Crippen LogP contribution in [0.15, 0.2) is 18.2 Å². The van der Waals surface area contributed by atoms with Crippen LogP contribution >= 0.6 is 22.9 Å². The summed E-state index contributed by atoms with van der Waals surface area (Å²) in [6.07, 6.45) is 0.917. The van der Waals surface area contributed by atoms with Gasteiger partial charge in [0, 0.05) is 17.0 Å². The highest BCUT2D eigenvalue weighted by atomic mass is 35.5. The maximum atomic E-state index is 12.4. The van der Waals surface area contributed by atoms with Crippen LogP contribution in [0.2, 0.25) is 5.02 Å². The Morgan fingerprint density at radius 3 is 2.59 bits per heavy atom. The van der Waals surface area contributed by atoms with Gasteiger partial charge in [-0.2, -0.15) is 0 Å². The Bertz CT molecular complexity index is 726. The van der Waals surface area contributed by atoms with Gasteiger partial charge in [0.25, 0.3) is 5.91 Å². The van der Waals surface area contributed by atoms with Gasteiger partial charge < -0.3 is 14.8 Å². The standard InChI is InChI=1S/C16H16ClNO3S/c1-3-10-6-15(22-9(10)2)16(19)18-12-8-14-13(7-11(12)17)20-4-5-21-14/h6-8H,3-5H2,1-2H3,(H,18,19). The fourth-order valence-corrected chi connectivity index (χ4v) is 3.54. The summed E-state index contributed by atoms with van der Waals surface area (Å²) in [5.41, 5.74) is 1.73. The van der Waals surface area contributed by atoms with Crippen LogP contribution in [0.5, 0.6) is 11.5 Å². The molecule has 0 bridgehead atoms. The monoisotopic (exact) mass is 337 g/mol. The van der Waals surface area contributed by atoms with Crippen LogP contribution in [0.3, 0.4) is 0 Å². The van der Waals surface area contributed by atoms with Crippen molar-refractivity contribution < 1.29 is 14.3 Å². The Hall–Kier alpha value is -1.72. The van der Waals surface area contributed by atoms with E-state index in [0.717, 1.165) is 6.42 Å². The quantitative estimate of drug-likeness (QED) is 0.908. The van der Waals surface area contributed by atoms with E-state index in [1.165, 1.54) is 21.8 Å². The number of ether oxygens (including phenoxy) is 2. The summed E-state index contributed by atoms with van der Waals surface area (Å²) < 4.78 is 11.0. The van der Waals surface area contributed by atoms with Crippen molar-refractivity contribution in [3.63, 3.8) is 0 Å².